The van der Waals surface area contributed by atoms with Crippen molar-refractivity contribution in [1.82, 2.24) is 9.38 Å². The molecule has 26 heavy (non-hydrogen) atoms. The fourth-order valence-electron chi connectivity index (χ4n) is 2.91. The van der Waals surface area contributed by atoms with Crippen LogP contribution in [0.25, 0.3) is 5.65 Å². The Hall–Kier alpha value is -3.35. The molecular weight excluding hydrogens is 334 g/mol. The number of fused-ring (bicyclic) bond motifs is 1. The number of pyridine rings is 1. The molecule has 3 N–H and O–H groups in total. The van der Waals surface area contributed by atoms with Crippen molar-refractivity contribution in [1.29, 1.82) is 0 Å². The number of hydrogen-bond donors (Lipinski definition) is 3. The number of aromatic carboxylic acids is 1. The largest absolute Gasteiger partial charge is 0.493 e. The number of carboxylic acids is 1. The maximum Gasteiger partial charge on any atom is 0.337 e. The monoisotopic (exact) mass is 353 g/mol. The maximum atomic E-state index is 12.4. The van der Waals surface area contributed by atoms with E-state index in [2.05, 4.69) is 10.3 Å². The molecule has 0 aliphatic rings. The van der Waals surface area contributed by atoms with E-state index in [0.717, 1.165) is 5.56 Å². The Kier molecular flexibility index (Phi) is 4.38. The van der Waals surface area contributed by atoms with Crippen LogP contribution in [0.1, 0.15) is 40.0 Å². The number of anilines is 1. The van der Waals surface area contributed by atoms with Crippen molar-refractivity contribution in [3.05, 3.63) is 69.1 Å². The molecule has 7 nitrogen and oxygen atoms in total. The Morgan fingerprint density at radius 3 is 2.65 bits per heavy atom. The summed E-state index contributed by atoms with van der Waals surface area (Å²) in [5.74, 6) is -1.34. The van der Waals surface area contributed by atoms with Crippen molar-refractivity contribution in [2.24, 2.45) is 0 Å². The number of aryl methyl sites for hydroxylation is 1. The first-order valence-corrected chi connectivity index (χ1v) is 8.11. The number of carboxylic acid groups (broad SMARTS) is 1. The minimum Gasteiger partial charge on any atom is -0.493 e. The van der Waals surface area contributed by atoms with Crippen LogP contribution in [0.3, 0.4) is 0 Å². The lowest BCUT2D eigenvalue weighted by Crippen LogP contribution is -2.21. The summed E-state index contributed by atoms with van der Waals surface area (Å²) in [4.78, 5) is 28.0. The number of carbonyl (C=O) groups is 1. The molecule has 3 aromatic rings. The summed E-state index contributed by atoms with van der Waals surface area (Å²) in [6.45, 7) is 5.22. The zero-order valence-electron chi connectivity index (χ0n) is 14.6. The Balaban J connectivity index is 2.14. The number of aromatic nitrogens is 2. The van der Waals surface area contributed by atoms with E-state index < -0.39 is 5.97 Å². The second-order valence-corrected chi connectivity index (χ2v) is 6.25. The van der Waals surface area contributed by atoms with Crippen LogP contribution in [0.15, 0.2) is 41.3 Å². The number of nitrogens with one attached hydrogen (secondary N) is 1. The van der Waals surface area contributed by atoms with Crippen LogP contribution < -0.4 is 10.9 Å². The van der Waals surface area contributed by atoms with E-state index in [4.69, 9.17) is 0 Å². The van der Waals surface area contributed by atoms with Gasteiger partial charge in [-0.05, 0) is 44.5 Å². The van der Waals surface area contributed by atoms with Crippen LogP contribution in [-0.4, -0.2) is 25.6 Å². The summed E-state index contributed by atoms with van der Waals surface area (Å²) in [5.41, 5.74) is 2.31. The molecule has 3 rings (SSSR count). The van der Waals surface area contributed by atoms with Gasteiger partial charge in [-0.3, -0.25) is 9.20 Å². The second kappa shape index (κ2) is 6.51. The van der Waals surface area contributed by atoms with Crippen molar-refractivity contribution < 1.29 is 15.0 Å². The van der Waals surface area contributed by atoms with E-state index in [-0.39, 0.29) is 28.6 Å². The molecule has 2 heterocycles. The minimum absolute atomic E-state index is 0.153. The molecule has 0 saturated heterocycles. The van der Waals surface area contributed by atoms with Crippen molar-refractivity contribution in [3.63, 3.8) is 0 Å². The molecule has 0 fully saturated rings. The van der Waals surface area contributed by atoms with Gasteiger partial charge in [-0.25, -0.2) is 4.79 Å². The first kappa shape index (κ1) is 17.5. The van der Waals surface area contributed by atoms with Crippen molar-refractivity contribution in [3.8, 4) is 5.88 Å². The van der Waals surface area contributed by atoms with Gasteiger partial charge < -0.3 is 15.5 Å². The van der Waals surface area contributed by atoms with Gasteiger partial charge in [0.2, 0.25) is 5.88 Å². The maximum absolute atomic E-state index is 12.4. The van der Waals surface area contributed by atoms with Crippen molar-refractivity contribution in [2.75, 3.05) is 5.32 Å². The quantitative estimate of drug-likeness (QED) is 0.666. The number of rotatable bonds is 4. The lowest BCUT2D eigenvalue weighted by Gasteiger charge is -2.19. The lowest BCUT2D eigenvalue weighted by molar-refractivity contribution is 0.0698. The SMILES string of the molecule is Cc1cc(C(C)Nc2ccccc2C(=O)O)c2nc(O)c(C)c(=O)n2c1. The van der Waals surface area contributed by atoms with Crippen LogP contribution in [0, 0.1) is 13.8 Å². The summed E-state index contributed by atoms with van der Waals surface area (Å²) in [5, 5.41) is 22.5. The van der Waals surface area contributed by atoms with E-state index in [1.807, 2.05) is 19.9 Å². The topological polar surface area (TPSA) is 104 Å². The van der Waals surface area contributed by atoms with Crippen molar-refractivity contribution >= 4 is 17.3 Å². The summed E-state index contributed by atoms with van der Waals surface area (Å²) >= 11 is 0. The Morgan fingerprint density at radius 2 is 1.96 bits per heavy atom. The van der Waals surface area contributed by atoms with Gasteiger partial charge >= 0.3 is 5.97 Å². The van der Waals surface area contributed by atoms with Gasteiger partial charge in [0.05, 0.1) is 17.2 Å². The Morgan fingerprint density at radius 1 is 1.27 bits per heavy atom. The predicted octanol–water partition coefficient (Wildman–Crippen LogP) is 2.89. The third-order valence-corrected chi connectivity index (χ3v) is 4.29. The molecule has 134 valence electrons. The van der Waals surface area contributed by atoms with Crippen LogP contribution in [0.5, 0.6) is 5.88 Å². The molecule has 0 spiro atoms. The molecule has 0 aliphatic carbocycles. The summed E-state index contributed by atoms with van der Waals surface area (Å²) in [6, 6.07) is 8.11. The zero-order chi connectivity index (χ0) is 19.0. The van der Waals surface area contributed by atoms with E-state index in [1.165, 1.54) is 17.4 Å². The van der Waals surface area contributed by atoms with E-state index >= 15 is 0 Å². The fraction of sp³-hybridized carbons (Fsp3) is 0.211. The summed E-state index contributed by atoms with van der Waals surface area (Å²) in [6.07, 6.45) is 1.67. The van der Waals surface area contributed by atoms with E-state index in [0.29, 0.717) is 16.9 Å². The molecule has 0 aliphatic heterocycles. The second-order valence-electron chi connectivity index (χ2n) is 6.25. The van der Waals surface area contributed by atoms with Gasteiger partial charge in [-0.15, -0.1) is 0 Å². The molecule has 1 atom stereocenters. The number of nitrogens with zero attached hydrogens (tertiary/aromatic N) is 2. The Labute approximate surface area is 149 Å². The molecule has 7 heteroatoms. The van der Waals surface area contributed by atoms with Gasteiger partial charge in [0.25, 0.3) is 5.56 Å². The summed E-state index contributed by atoms with van der Waals surface area (Å²) < 4.78 is 1.40. The molecule has 1 unspecified atom stereocenters. The Bertz CT molecular complexity index is 1070. The third kappa shape index (κ3) is 2.99. The molecule has 0 amide bonds. The average Bonchev–Trinajstić information content (AvgIpc) is 2.60. The number of hydrogen-bond acceptors (Lipinski definition) is 5. The first-order chi connectivity index (χ1) is 12.3. The first-order valence-electron chi connectivity index (χ1n) is 8.11. The highest BCUT2D eigenvalue weighted by Gasteiger charge is 2.18. The third-order valence-electron chi connectivity index (χ3n) is 4.29. The number of benzene rings is 1. The predicted molar refractivity (Wildman–Crippen MR) is 98.0 cm³/mol. The van der Waals surface area contributed by atoms with Crippen LogP contribution >= 0.6 is 0 Å². The van der Waals surface area contributed by atoms with Crippen LogP contribution in [0.2, 0.25) is 0 Å². The van der Waals surface area contributed by atoms with Gasteiger partial charge in [-0.2, -0.15) is 4.98 Å². The number of aromatic hydroxyl groups is 1. The van der Waals surface area contributed by atoms with Crippen LogP contribution in [-0.2, 0) is 0 Å². The molecule has 2 aromatic heterocycles. The molecular formula is C19H19N3O4. The lowest BCUT2D eigenvalue weighted by atomic mass is 10.1. The van der Waals surface area contributed by atoms with Gasteiger partial charge in [0.1, 0.15) is 5.65 Å². The van der Waals surface area contributed by atoms with E-state index in [9.17, 15) is 19.8 Å². The molecule has 0 radical (unpaired) electrons. The van der Waals surface area contributed by atoms with Gasteiger partial charge in [0.15, 0.2) is 0 Å². The highest BCUT2D eigenvalue weighted by atomic mass is 16.4. The van der Waals surface area contributed by atoms with Gasteiger partial charge in [0, 0.05) is 17.4 Å². The average molecular weight is 353 g/mol. The molecule has 0 saturated carbocycles. The smallest absolute Gasteiger partial charge is 0.337 e. The molecule has 1 aromatic carbocycles. The highest BCUT2D eigenvalue weighted by molar-refractivity contribution is 5.94. The number of para-hydroxylation sites is 1. The van der Waals surface area contributed by atoms with E-state index in [1.54, 1.807) is 24.4 Å². The zero-order valence-corrected chi connectivity index (χ0v) is 14.6. The van der Waals surface area contributed by atoms with Gasteiger partial charge in [-0.1, -0.05) is 12.1 Å². The fourth-order valence-corrected chi connectivity index (χ4v) is 2.91. The normalized spacial score (nSPS) is 12.1. The minimum atomic E-state index is -1.03. The standard InChI is InChI=1S/C19H19N3O4/c1-10-8-14(16-21-17(23)11(2)18(24)22(16)9-10)12(3)20-15-7-5-4-6-13(15)19(25)26/h4-9,12,20,23H,1-3H3,(H,25,26). The summed E-state index contributed by atoms with van der Waals surface area (Å²) in [7, 11) is 0. The highest BCUT2D eigenvalue weighted by Crippen LogP contribution is 2.26. The van der Waals surface area contributed by atoms with Crippen LogP contribution in [0.4, 0.5) is 5.69 Å². The molecule has 0 bridgehead atoms. The van der Waals surface area contributed by atoms with Crippen molar-refractivity contribution in [2.45, 2.75) is 26.8 Å².